The number of amides is 1. The van der Waals surface area contributed by atoms with Gasteiger partial charge in [0.1, 0.15) is 5.82 Å². The summed E-state index contributed by atoms with van der Waals surface area (Å²) in [7, 11) is 0. The summed E-state index contributed by atoms with van der Waals surface area (Å²) in [5, 5.41) is 5.83. The molecule has 2 aromatic carbocycles. The van der Waals surface area contributed by atoms with Crippen LogP contribution in [0.15, 0.2) is 47.8 Å². The van der Waals surface area contributed by atoms with Crippen LogP contribution >= 0.6 is 11.3 Å². The average Bonchev–Trinajstić information content (AvgIpc) is 3.21. The zero-order valence-electron chi connectivity index (χ0n) is 15.4. The molecule has 2 heterocycles. The zero-order valence-corrected chi connectivity index (χ0v) is 16.3. The van der Waals surface area contributed by atoms with E-state index in [2.05, 4.69) is 10.2 Å². The Morgan fingerprint density at radius 3 is 2.64 bits per heavy atom. The van der Waals surface area contributed by atoms with Crippen LogP contribution in [0, 0.1) is 12.7 Å². The lowest BCUT2D eigenvalue weighted by Crippen LogP contribution is -2.36. The van der Waals surface area contributed by atoms with Crippen LogP contribution in [0.4, 0.5) is 15.2 Å². The van der Waals surface area contributed by atoms with Crippen LogP contribution in [0.2, 0.25) is 0 Å². The minimum atomic E-state index is -0.386. The molecule has 0 aliphatic carbocycles. The lowest BCUT2D eigenvalue weighted by molar-refractivity contribution is 0.102. The van der Waals surface area contributed by atoms with Gasteiger partial charge in [-0.25, -0.2) is 9.37 Å². The Hall–Kier alpha value is -2.77. The van der Waals surface area contributed by atoms with Crippen LogP contribution in [-0.2, 0) is 4.74 Å². The van der Waals surface area contributed by atoms with Gasteiger partial charge in [-0.2, -0.15) is 0 Å². The molecule has 0 radical (unpaired) electrons. The Kier molecular flexibility index (Phi) is 5.36. The van der Waals surface area contributed by atoms with Gasteiger partial charge in [-0.3, -0.25) is 4.79 Å². The standard InChI is InChI=1S/C21H20FN3O2S/c1-14-2-3-16(12-18(14)22)20(26)23-17-6-4-15(5-7-17)19-13-28-21(24-19)25-8-10-27-11-9-25/h2-7,12-13H,8-11H2,1H3,(H,23,26). The number of nitrogens with one attached hydrogen (secondary N) is 1. The first-order valence-electron chi connectivity index (χ1n) is 9.06. The molecule has 1 aliphatic rings. The monoisotopic (exact) mass is 397 g/mol. The van der Waals surface area contributed by atoms with Crippen molar-refractivity contribution in [3.05, 3.63) is 64.8 Å². The quantitative estimate of drug-likeness (QED) is 0.711. The highest BCUT2D eigenvalue weighted by Gasteiger charge is 2.15. The zero-order chi connectivity index (χ0) is 19.5. The number of carbonyl (C=O) groups excluding carboxylic acids is 1. The van der Waals surface area contributed by atoms with E-state index in [0.29, 0.717) is 16.8 Å². The van der Waals surface area contributed by atoms with Gasteiger partial charge in [0, 0.05) is 35.3 Å². The Balaban J connectivity index is 1.44. The second-order valence-electron chi connectivity index (χ2n) is 6.61. The van der Waals surface area contributed by atoms with E-state index in [1.807, 2.05) is 29.6 Å². The predicted molar refractivity (Wildman–Crippen MR) is 110 cm³/mol. The van der Waals surface area contributed by atoms with Crippen molar-refractivity contribution in [3.8, 4) is 11.3 Å². The molecular formula is C21H20FN3O2S. The van der Waals surface area contributed by atoms with Crippen molar-refractivity contribution in [1.82, 2.24) is 4.98 Å². The van der Waals surface area contributed by atoms with Crippen molar-refractivity contribution in [2.75, 3.05) is 36.5 Å². The predicted octanol–water partition coefficient (Wildman–Crippen LogP) is 4.35. The summed E-state index contributed by atoms with van der Waals surface area (Å²) in [6.45, 7) is 4.84. The van der Waals surface area contributed by atoms with E-state index in [4.69, 9.17) is 9.72 Å². The number of rotatable bonds is 4. The van der Waals surface area contributed by atoms with E-state index in [1.165, 1.54) is 6.07 Å². The minimum absolute atomic E-state index is 0.293. The maximum absolute atomic E-state index is 13.7. The highest BCUT2D eigenvalue weighted by Crippen LogP contribution is 2.28. The van der Waals surface area contributed by atoms with E-state index in [1.54, 1.807) is 30.4 Å². The summed E-state index contributed by atoms with van der Waals surface area (Å²) in [4.78, 5) is 19.3. The summed E-state index contributed by atoms with van der Waals surface area (Å²) in [5.41, 5.74) is 3.35. The lowest BCUT2D eigenvalue weighted by Gasteiger charge is -2.26. The van der Waals surface area contributed by atoms with E-state index in [-0.39, 0.29) is 11.7 Å². The molecule has 1 fully saturated rings. The first-order chi connectivity index (χ1) is 13.6. The van der Waals surface area contributed by atoms with Gasteiger partial charge in [0.2, 0.25) is 0 Å². The number of morpholine rings is 1. The molecule has 0 bridgehead atoms. The molecule has 144 valence electrons. The molecule has 1 amide bonds. The summed E-state index contributed by atoms with van der Waals surface area (Å²) in [6, 6.07) is 12.0. The van der Waals surface area contributed by atoms with Gasteiger partial charge < -0.3 is 15.0 Å². The Morgan fingerprint density at radius 2 is 1.93 bits per heavy atom. The molecule has 7 heteroatoms. The van der Waals surface area contributed by atoms with Gasteiger partial charge in [-0.15, -0.1) is 11.3 Å². The third-order valence-corrected chi connectivity index (χ3v) is 5.55. The topological polar surface area (TPSA) is 54.5 Å². The second kappa shape index (κ2) is 8.08. The van der Waals surface area contributed by atoms with Crippen LogP contribution in [0.3, 0.4) is 0 Å². The molecule has 5 nitrogen and oxygen atoms in total. The van der Waals surface area contributed by atoms with Gasteiger partial charge in [0.05, 0.1) is 18.9 Å². The van der Waals surface area contributed by atoms with Crippen LogP contribution < -0.4 is 10.2 Å². The number of anilines is 2. The molecular weight excluding hydrogens is 377 g/mol. The van der Waals surface area contributed by atoms with Gasteiger partial charge in [-0.1, -0.05) is 18.2 Å². The van der Waals surface area contributed by atoms with Crippen LogP contribution in [0.25, 0.3) is 11.3 Å². The highest BCUT2D eigenvalue weighted by molar-refractivity contribution is 7.14. The molecule has 4 rings (SSSR count). The number of nitrogens with zero attached hydrogens (tertiary/aromatic N) is 2. The van der Waals surface area contributed by atoms with E-state index in [9.17, 15) is 9.18 Å². The molecule has 28 heavy (non-hydrogen) atoms. The molecule has 1 saturated heterocycles. The van der Waals surface area contributed by atoms with Gasteiger partial charge in [-0.05, 0) is 36.8 Å². The summed E-state index contributed by atoms with van der Waals surface area (Å²) < 4.78 is 19.0. The maximum Gasteiger partial charge on any atom is 0.255 e. The van der Waals surface area contributed by atoms with E-state index >= 15 is 0 Å². The molecule has 0 saturated carbocycles. The normalized spacial score (nSPS) is 14.1. The maximum atomic E-state index is 13.7. The summed E-state index contributed by atoms with van der Waals surface area (Å²) in [5.74, 6) is -0.725. The first-order valence-corrected chi connectivity index (χ1v) is 9.94. The summed E-state index contributed by atoms with van der Waals surface area (Å²) in [6.07, 6.45) is 0. The summed E-state index contributed by atoms with van der Waals surface area (Å²) >= 11 is 1.62. The van der Waals surface area contributed by atoms with Gasteiger partial charge >= 0.3 is 0 Å². The molecule has 1 aliphatic heterocycles. The van der Waals surface area contributed by atoms with Crippen molar-refractivity contribution in [2.24, 2.45) is 0 Å². The van der Waals surface area contributed by atoms with Crippen LogP contribution in [0.1, 0.15) is 15.9 Å². The van der Waals surface area contributed by atoms with Gasteiger partial charge in [0.25, 0.3) is 5.91 Å². The molecule has 0 unspecified atom stereocenters. The average molecular weight is 397 g/mol. The van der Waals surface area contributed by atoms with Crippen molar-refractivity contribution in [2.45, 2.75) is 6.92 Å². The minimum Gasteiger partial charge on any atom is -0.378 e. The smallest absolute Gasteiger partial charge is 0.255 e. The van der Waals surface area contributed by atoms with Gasteiger partial charge in [0.15, 0.2) is 5.13 Å². The number of hydrogen-bond acceptors (Lipinski definition) is 5. The fourth-order valence-electron chi connectivity index (χ4n) is 2.96. The fraction of sp³-hybridized carbons (Fsp3) is 0.238. The largest absolute Gasteiger partial charge is 0.378 e. The molecule has 3 aromatic rings. The number of halogens is 1. The Bertz CT molecular complexity index is 982. The SMILES string of the molecule is Cc1ccc(C(=O)Nc2ccc(-c3csc(N4CCOCC4)n3)cc2)cc1F. The number of thiazole rings is 1. The van der Waals surface area contributed by atoms with E-state index in [0.717, 1.165) is 42.7 Å². The molecule has 1 N–H and O–H groups in total. The number of benzene rings is 2. The van der Waals surface area contributed by atoms with E-state index < -0.39 is 0 Å². The van der Waals surface area contributed by atoms with Crippen molar-refractivity contribution < 1.29 is 13.9 Å². The van der Waals surface area contributed by atoms with Crippen molar-refractivity contribution >= 4 is 28.1 Å². The van der Waals surface area contributed by atoms with Crippen molar-refractivity contribution in [3.63, 3.8) is 0 Å². The van der Waals surface area contributed by atoms with Crippen LogP contribution in [0.5, 0.6) is 0 Å². The third-order valence-electron chi connectivity index (χ3n) is 4.65. The Labute approximate surface area is 166 Å². The molecule has 0 atom stereocenters. The Morgan fingerprint density at radius 1 is 1.18 bits per heavy atom. The lowest BCUT2D eigenvalue weighted by atomic mass is 10.1. The van der Waals surface area contributed by atoms with Crippen molar-refractivity contribution in [1.29, 1.82) is 0 Å². The number of hydrogen-bond donors (Lipinski definition) is 1. The highest BCUT2D eigenvalue weighted by atomic mass is 32.1. The van der Waals surface area contributed by atoms with Crippen LogP contribution in [-0.4, -0.2) is 37.2 Å². The molecule has 1 aromatic heterocycles. The number of aryl methyl sites for hydroxylation is 1. The fourth-order valence-corrected chi connectivity index (χ4v) is 3.85. The second-order valence-corrected chi connectivity index (χ2v) is 7.45. The molecule has 0 spiro atoms. The number of carbonyl (C=O) groups is 1. The number of aromatic nitrogens is 1. The number of ether oxygens (including phenoxy) is 1. The first kappa shape index (κ1) is 18.6. The third kappa shape index (κ3) is 4.05.